The fourth-order valence-corrected chi connectivity index (χ4v) is 3.12. The van der Waals surface area contributed by atoms with Crippen molar-refractivity contribution >= 4 is 33.8 Å². The van der Waals surface area contributed by atoms with Crippen molar-refractivity contribution in [1.82, 2.24) is 4.98 Å². The number of carbonyl (C=O) groups is 1. The minimum Gasteiger partial charge on any atom is -0.508 e. The molecule has 5 nitrogen and oxygen atoms in total. The van der Waals surface area contributed by atoms with E-state index in [2.05, 4.69) is 10.3 Å². The van der Waals surface area contributed by atoms with Gasteiger partial charge in [-0.15, -0.1) is 11.3 Å². The van der Waals surface area contributed by atoms with Crippen LogP contribution in [0.15, 0.2) is 53.9 Å². The predicted octanol–water partition coefficient (Wildman–Crippen LogP) is 4.24. The van der Waals surface area contributed by atoms with E-state index in [0.717, 1.165) is 27.8 Å². The van der Waals surface area contributed by atoms with Crippen LogP contribution in [0.5, 0.6) is 5.75 Å². The van der Waals surface area contributed by atoms with E-state index in [1.807, 2.05) is 53.7 Å². The van der Waals surface area contributed by atoms with Crippen LogP contribution in [0.25, 0.3) is 11.3 Å². The number of phenolic OH excluding ortho intramolecular Hbond substituents is 1. The van der Waals surface area contributed by atoms with Crippen LogP contribution in [-0.4, -0.2) is 23.0 Å². The lowest BCUT2D eigenvalue weighted by molar-refractivity contribution is -0.114. The maximum atomic E-state index is 11.2. The molecular formula is C18H17N3O2S. The molecule has 3 aromatic rings. The van der Waals surface area contributed by atoms with Gasteiger partial charge in [-0.2, -0.15) is 0 Å². The summed E-state index contributed by atoms with van der Waals surface area (Å²) >= 11 is 1.54. The molecule has 0 spiro atoms. The third-order valence-electron chi connectivity index (χ3n) is 3.49. The number of nitrogens with zero attached hydrogens (tertiary/aromatic N) is 2. The number of hydrogen-bond donors (Lipinski definition) is 2. The molecule has 0 atom stereocenters. The van der Waals surface area contributed by atoms with Crippen molar-refractivity contribution in [1.29, 1.82) is 0 Å². The van der Waals surface area contributed by atoms with Crippen molar-refractivity contribution in [2.75, 3.05) is 17.3 Å². The second-order valence-electron chi connectivity index (χ2n) is 5.35. The lowest BCUT2D eigenvalue weighted by atomic mass is 10.1. The van der Waals surface area contributed by atoms with Gasteiger partial charge in [0, 0.05) is 36.3 Å². The number of nitrogens with one attached hydrogen (secondary N) is 1. The SMILES string of the molecule is CC(=O)Nc1cccc(-c2csc(N(C)c3ccc(O)cc3)n2)c1. The molecule has 0 aliphatic rings. The zero-order valence-electron chi connectivity index (χ0n) is 13.4. The highest BCUT2D eigenvalue weighted by Gasteiger charge is 2.11. The van der Waals surface area contributed by atoms with Crippen molar-refractivity contribution in [2.24, 2.45) is 0 Å². The molecule has 122 valence electrons. The number of rotatable bonds is 4. The van der Waals surface area contributed by atoms with Gasteiger partial charge in [-0.1, -0.05) is 12.1 Å². The minimum absolute atomic E-state index is 0.0989. The summed E-state index contributed by atoms with van der Waals surface area (Å²) in [4.78, 5) is 17.8. The number of carbonyl (C=O) groups excluding carboxylic acids is 1. The Morgan fingerprint density at radius 1 is 1.21 bits per heavy atom. The third-order valence-corrected chi connectivity index (χ3v) is 4.41. The number of amides is 1. The van der Waals surface area contributed by atoms with Gasteiger partial charge in [0.2, 0.25) is 5.91 Å². The van der Waals surface area contributed by atoms with Crippen LogP contribution in [0.3, 0.4) is 0 Å². The molecular weight excluding hydrogens is 322 g/mol. The Bertz CT molecular complexity index is 859. The Labute approximate surface area is 144 Å². The molecule has 0 saturated carbocycles. The van der Waals surface area contributed by atoms with Crippen molar-refractivity contribution in [3.63, 3.8) is 0 Å². The quantitative estimate of drug-likeness (QED) is 0.746. The maximum Gasteiger partial charge on any atom is 0.221 e. The summed E-state index contributed by atoms with van der Waals surface area (Å²) in [5, 5.41) is 15.0. The first-order chi connectivity index (χ1) is 11.5. The van der Waals surface area contributed by atoms with Gasteiger partial charge < -0.3 is 15.3 Å². The molecule has 2 N–H and O–H groups in total. The summed E-state index contributed by atoms with van der Waals surface area (Å²) in [6.07, 6.45) is 0. The number of aromatic nitrogens is 1. The van der Waals surface area contributed by atoms with Crippen molar-refractivity contribution in [3.8, 4) is 17.0 Å². The first-order valence-electron chi connectivity index (χ1n) is 7.39. The molecule has 0 bridgehead atoms. The Morgan fingerprint density at radius 2 is 1.96 bits per heavy atom. The topological polar surface area (TPSA) is 65.5 Å². The Balaban J connectivity index is 1.85. The van der Waals surface area contributed by atoms with E-state index in [1.165, 1.54) is 18.3 Å². The number of aromatic hydroxyl groups is 1. The predicted molar refractivity (Wildman–Crippen MR) is 98.0 cm³/mol. The second-order valence-corrected chi connectivity index (χ2v) is 6.19. The lowest BCUT2D eigenvalue weighted by Crippen LogP contribution is -2.08. The van der Waals surface area contributed by atoms with Gasteiger partial charge in [0.1, 0.15) is 5.75 Å². The first kappa shape index (κ1) is 16.0. The van der Waals surface area contributed by atoms with E-state index in [-0.39, 0.29) is 11.7 Å². The highest BCUT2D eigenvalue weighted by atomic mass is 32.1. The molecule has 0 radical (unpaired) electrons. The normalized spacial score (nSPS) is 10.4. The van der Waals surface area contributed by atoms with Crippen LogP contribution >= 0.6 is 11.3 Å². The smallest absolute Gasteiger partial charge is 0.221 e. The number of benzene rings is 2. The van der Waals surface area contributed by atoms with Gasteiger partial charge >= 0.3 is 0 Å². The van der Waals surface area contributed by atoms with E-state index in [0.29, 0.717) is 0 Å². The standard InChI is InChI=1S/C18H17N3O2S/c1-12(22)19-14-5-3-4-13(10-14)17-11-24-18(20-17)21(2)15-6-8-16(23)9-7-15/h3-11,23H,1-2H3,(H,19,22). The number of phenols is 1. The van der Waals surface area contributed by atoms with Gasteiger partial charge in [-0.3, -0.25) is 4.79 Å². The van der Waals surface area contributed by atoms with Crippen molar-refractivity contribution in [3.05, 3.63) is 53.9 Å². The molecule has 1 aromatic heterocycles. The number of hydrogen-bond acceptors (Lipinski definition) is 5. The van der Waals surface area contributed by atoms with E-state index in [4.69, 9.17) is 0 Å². The summed E-state index contributed by atoms with van der Waals surface area (Å²) in [5.41, 5.74) is 3.50. The summed E-state index contributed by atoms with van der Waals surface area (Å²) in [5.74, 6) is 0.139. The Kier molecular flexibility index (Phi) is 4.48. The lowest BCUT2D eigenvalue weighted by Gasteiger charge is -2.15. The molecule has 0 aliphatic carbocycles. The van der Waals surface area contributed by atoms with Crippen molar-refractivity contribution in [2.45, 2.75) is 6.92 Å². The van der Waals surface area contributed by atoms with E-state index >= 15 is 0 Å². The average Bonchev–Trinajstić information content (AvgIpc) is 3.04. The largest absolute Gasteiger partial charge is 0.508 e. The highest BCUT2D eigenvalue weighted by Crippen LogP contribution is 2.32. The maximum absolute atomic E-state index is 11.2. The first-order valence-corrected chi connectivity index (χ1v) is 8.27. The molecule has 24 heavy (non-hydrogen) atoms. The number of thiazole rings is 1. The number of anilines is 3. The van der Waals surface area contributed by atoms with Gasteiger partial charge in [-0.05, 0) is 36.4 Å². The third kappa shape index (κ3) is 3.55. The molecule has 1 heterocycles. The summed E-state index contributed by atoms with van der Waals surface area (Å²) in [7, 11) is 1.93. The van der Waals surface area contributed by atoms with Crippen LogP contribution in [0.4, 0.5) is 16.5 Å². The van der Waals surface area contributed by atoms with Crippen LogP contribution < -0.4 is 10.2 Å². The summed E-state index contributed by atoms with van der Waals surface area (Å²) in [6, 6.07) is 14.6. The monoisotopic (exact) mass is 339 g/mol. The van der Waals surface area contributed by atoms with Crippen LogP contribution in [0, 0.1) is 0 Å². The molecule has 0 unspecified atom stereocenters. The van der Waals surface area contributed by atoms with Crippen LogP contribution in [-0.2, 0) is 4.79 Å². The fourth-order valence-electron chi connectivity index (χ4n) is 2.30. The summed E-state index contributed by atoms with van der Waals surface area (Å²) in [6.45, 7) is 1.49. The molecule has 0 aliphatic heterocycles. The Morgan fingerprint density at radius 3 is 2.67 bits per heavy atom. The molecule has 1 amide bonds. The van der Waals surface area contributed by atoms with E-state index in [9.17, 15) is 9.90 Å². The molecule has 0 fully saturated rings. The highest BCUT2D eigenvalue weighted by molar-refractivity contribution is 7.14. The summed E-state index contributed by atoms with van der Waals surface area (Å²) < 4.78 is 0. The van der Waals surface area contributed by atoms with Crippen LogP contribution in [0.2, 0.25) is 0 Å². The molecule has 3 rings (SSSR count). The van der Waals surface area contributed by atoms with Gasteiger partial charge in [0.25, 0.3) is 0 Å². The minimum atomic E-state index is -0.0989. The van der Waals surface area contributed by atoms with Gasteiger partial charge in [0.15, 0.2) is 5.13 Å². The zero-order chi connectivity index (χ0) is 17.1. The second kappa shape index (κ2) is 6.72. The fraction of sp³-hybridized carbons (Fsp3) is 0.111. The Hall–Kier alpha value is -2.86. The zero-order valence-corrected chi connectivity index (χ0v) is 14.2. The average molecular weight is 339 g/mol. The molecule has 6 heteroatoms. The van der Waals surface area contributed by atoms with E-state index < -0.39 is 0 Å². The van der Waals surface area contributed by atoms with Gasteiger partial charge in [0.05, 0.1) is 5.69 Å². The molecule has 0 saturated heterocycles. The van der Waals surface area contributed by atoms with Crippen LogP contribution in [0.1, 0.15) is 6.92 Å². The van der Waals surface area contributed by atoms with Crippen molar-refractivity contribution < 1.29 is 9.90 Å². The molecule has 2 aromatic carbocycles. The van der Waals surface area contributed by atoms with Gasteiger partial charge in [-0.25, -0.2) is 4.98 Å². The van der Waals surface area contributed by atoms with E-state index in [1.54, 1.807) is 12.1 Å².